The molecule has 0 saturated carbocycles. The minimum Gasteiger partial charge on any atom is -0.371 e. The molecule has 2 atom stereocenters. The first-order valence-electron chi connectivity index (χ1n) is 6.47. The second kappa shape index (κ2) is 3.13. The Morgan fingerprint density at radius 3 is 3.25 bits per heavy atom. The fourth-order valence-corrected chi connectivity index (χ4v) is 3.75. The predicted octanol–water partition coefficient (Wildman–Crippen LogP) is 3.11. The number of allylic oxidation sites excluding steroid dienone is 2. The molecule has 4 rings (SSSR count). The van der Waals surface area contributed by atoms with Gasteiger partial charge in [0.05, 0.1) is 0 Å². The van der Waals surface area contributed by atoms with E-state index in [9.17, 15) is 0 Å². The zero-order valence-corrected chi connectivity index (χ0v) is 9.52. The molecular formula is C15H17N. The van der Waals surface area contributed by atoms with Crippen molar-refractivity contribution in [1.82, 2.24) is 0 Å². The molecule has 82 valence electrons. The Hall–Kier alpha value is -1.24. The summed E-state index contributed by atoms with van der Waals surface area (Å²) in [6.07, 6.45) is 8.71. The molecular weight excluding hydrogens is 194 g/mol. The summed E-state index contributed by atoms with van der Waals surface area (Å²) in [5.74, 6) is 1.56. The van der Waals surface area contributed by atoms with Gasteiger partial charge in [-0.05, 0) is 36.3 Å². The van der Waals surface area contributed by atoms with Crippen LogP contribution in [0.5, 0.6) is 0 Å². The van der Waals surface area contributed by atoms with Gasteiger partial charge in [-0.1, -0.05) is 30.4 Å². The molecule has 0 radical (unpaired) electrons. The lowest BCUT2D eigenvalue weighted by atomic mass is 9.80. The third-order valence-corrected chi connectivity index (χ3v) is 4.45. The normalized spacial score (nSPS) is 30.1. The molecule has 2 aliphatic heterocycles. The van der Waals surface area contributed by atoms with Crippen molar-refractivity contribution in [2.75, 3.05) is 18.0 Å². The van der Waals surface area contributed by atoms with Crippen molar-refractivity contribution in [1.29, 1.82) is 0 Å². The number of anilines is 1. The first kappa shape index (κ1) is 8.86. The van der Waals surface area contributed by atoms with Crippen LogP contribution in [0.3, 0.4) is 0 Å². The molecule has 1 heteroatoms. The Morgan fingerprint density at radius 1 is 1.25 bits per heavy atom. The van der Waals surface area contributed by atoms with Crippen LogP contribution in [0.25, 0.3) is 0 Å². The Kier molecular flexibility index (Phi) is 1.73. The molecule has 3 aliphatic rings. The molecule has 0 spiro atoms. The summed E-state index contributed by atoms with van der Waals surface area (Å²) in [7, 11) is 0. The zero-order valence-electron chi connectivity index (χ0n) is 9.52. The maximum Gasteiger partial charge on any atom is 0.0437 e. The molecule has 1 aliphatic carbocycles. The van der Waals surface area contributed by atoms with Crippen molar-refractivity contribution >= 4 is 5.69 Å². The third-order valence-electron chi connectivity index (χ3n) is 4.45. The maximum absolute atomic E-state index is 2.64. The van der Waals surface area contributed by atoms with Crippen LogP contribution in [-0.2, 0) is 6.42 Å². The van der Waals surface area contributed by atoms with Gasteiger partial charge in [0, 0.05) is 24.7 Å². The van der Waals surface area contributed by atoms with Crippen LogP contribution in [-0.4, -0.2) is 13.1 Å². The van der Waals surface area contributed by atoms with E-state index >= 15 is 0 Å². The predicted molar refractivity (Wildman–Crippen MR) is 67.0 cm³/mol. The van der Waals surface area contributed by atoms with Gasteiger partial charge in [0.25, 0.3) is 0 Å². The van der Waals surface area contributed by atoms with Crippen molar-refractivity contribution in [3.63, 3.8) is 0 Å². The highest BCUT2D eigenvalue weighted by molar-refractivity contribution is 5.65. The summed E-state index contributed by atoms with van der Waals surface area (Å²) in [6.45, 7) is 2.55. The van der Waals surface area contributed by atoms with Crippen LogP contribution in [0, 0.1) is 5.92 Å². The molecule has 2 unspecified atom stereocenters. The van der Waals surface area contributed by atoms with E-state index < -0.39 is 0 Å². The number of fused-ring (bicyclic) bond motifs is 2. The molecule has 0 saturated heterocycles. The largest absolute Gasteiger partial charge is 0.371 e. The number of benzene rings is 1. The minimum absolute atomic E-state index is 0.712. The van der Waals surface area contributed by atoms with Crippen LogP contribution in [0.4, 0.5) is 5.69 Å². The SMILES string of the molecule is C1=CC2c3cccc4c3N(CCC4)CC2C1. The van der Waals surface area contributed by atoms with E-state index in [0.717, 1.165) is 5.92 Å². The number of para-hydroxylation sites is 1. The third kappa shape index (κ3) is 1.06. The molecule has 0 N–H and O–H groups in total. The zero-order chi connectivity index (χ0) is 10.5. The molecule has 2 heterocycles. The fraction of sp³-hybridized carbons (Fsp3) is 0.467. The van der Waals surface area contributed by atoms with Gasteiger partial charge < -0.3 is 4.90 Å². The van der Waals surface area contributed by atoms with E-state index in [1.54, 1.807) is 16.8 Å². The Balaban J connectivity index is 1.93. The lowest BCUT2D eigenvalue weighted by Crippen LogP contribution is -2.39. The van der Waals surface area contributed by atoms with Gasteiger partial charge in [-0.25, -0.2) is 0 Å². The van der Waals surface area contributed by atoms with Crippen LogP contribution in [0.1, 0.15) is 29.9 Å². The van der Waals surface area contributed by atoms with Crippen molar-refractivity contribution in [2.45, 2.75) is 25.2 Å². The molecule has 0 fully saturated rings. The Morgan fingerprint density at radius 2 is 2.25 bits per heavy atom. The topological polar surface area (TPSA) is 3.24 Å². The van der Waals surface area contributed by atoms with E-state index in [0.29, 0.717) is 5.92 Å². The average Bonchev–Trinajstić information content (AvgIpc) is 2.78. The highest BCUT2D eigenvalue weighted by Crippen LogP contribution is 2.46. The smallest absolute Gasteiger partial charge is 0.0437 e. The average molecular weight is 211 g/mol. The van der Waals surface area contributed by atoms with Gasteiger partial charge in [0.2, 0.25) is 0 Å². The molecule has 1 nitrogen and oxygen atoms in total. The van der Waals surface area contributed by atoms with E-state index in [2.05, 4.69) is 35.3 Å². The number of rotatable bonds is 0. The summed E-state index contributed by atoms with van der Waals surface area (Å²) in [5.41, 5.74) is 4.77. The maximum atomic E-state index is 2.64. The van der Waals surface area contributed by atoms with Crippen LogP contribution >= 0.6 is 0 Å². The number of aryl methyl sites for hydroxylation is 1. The van der Waals surface area contributed by atoms with Gasteiger partial charge in [-0.15, -0.1) is 0 Å². The summed E-state index contributed by atoms with van der Waals surface area (Å²) in [5, 5.41) is 0. The second-order valence-electron chi connectivity index (χ2n) is 5.35. The minimum atomic E-state index is 0.712. The molecule has 1 aromatic rings. The van der Waals surface area contributed by atoms with E-state index in [1.165, 1.54) is 32.4 Å². The number of hydrogen-bond acceptors (Lipinski definition) is 1. The molecule has 0 aromatic heterocycles. The number of nitrogens with zero attached hydrogens (tertiary/aromatic N) is 1. The Labute approximate surface area is 96.8 Å². The van der Waals surface area contributed by atoms with Crippen molar-refractivity contribution in [3.05, 3.63) is 41.5 Å². The summed E-state index contributed by atoms with van der Waals surface area (Å²) in [6, 6.07) is 6.93. The van der Waals surface area contributed by atoms with Crippen LogP contribution < -0.4 is 4.90 Å². The molecule has 0 amide bonds. The van der Waals surface area contributed by atoms with Gasteiger partial charge >= 0.3 is 0 Å². The molecule has 16 heavy (non-hydrogen) atoms. The van der Waals surface area contributed by atoms with Gasteiger partial charge in [-0.3, -0.25) is 0 Å². The van der Waals surface area contributed by atoms with Crippen LogP contribution in [0.2, 0.25) is 0 Å². The molecule has 1 aromatic carbocycles. The van der Waals surface area contributed by atoms with Crippen molar-refractivity contribution < 1.29 is 0 Å². The summed E-state index contributed by atoms with van der Waals surface area (Å²) in [4.78, 5) is 2.64. The second-order valence-corrected chi connectivity index (χ2v) is 5.35. The molecule has 0 bridgehead atoms. The van der Waals surface area contributed by atoms with Gasteiger partial charge in [-0.2, -0.15) is 0 Å². The Bertz CT molecular complexity index is 461. The highest BCUT2D eigenvalue weighted by Gasteiger charge is 2.35. The van der Waals surface area contributed by atoms with Crippen molar-refractivity contribution in [2.24, 2.45) is 5.92 Å². The van der Waals surface area contributed by atoms with Crippen LogP contribution in [0.15, 0.2) is 30.4 Å². The fourth-order valence-electron chi connectivity index (χ4n) is 3.75. The summed E-state index contributed by atoms with van der Waals surface area (Å²) < 4.78 is 0. The van der Waals surface area contributed by atoms with E-state index in [4.69, 9.17) is 0 Å². The van der Waals surface area contributed by atoms with Crippen molar-refractivity contribution in [3.8, 4) is 0 Å². The van der Waals surface area contributed by atoms with Gasteiger partial charge in [0.15, 0.2) is 0 Å². The summed E-state index contributed by atoms with van der Waals surface area (Å²) >= 11 is 0. The standard InChI is InChI=1S/C15H17N/c1-4-11-6-3-9-16-10-12-5-2-7-13(12)14(8-1)15(11)16/h1-2,4,7-8,12-13H,3,5-6,9-10H2. The van der Waals surface area contributed by atoms with E-state index in [-0.39, 0.29) is 0 Å². The lowest BCUT2D eigenvalue weighted by Gasteiger charge is -2.42. The van der Waals surface area contributed by atoms with Gasteiger partial charge in [0.1, 0.15) is 0 Å². The monoisotopic (exact) mass is 211 g/mol. The lowest BCUT2D eigenvalue weighted by molar-refractivity contribution is 0.464. The quantitative estimate of drug-likeness (QED) is 0.596. The number of hydrogen-bond donors (Lipinski definition) is 0. The first-order valence-corrected chi connectivity index (χ1v) is 6.47. The van der Waals surface area contributed by atoms with E-state index in [1.807, 2.05) is 0 Å². The first-order chi connectivity index (χ1) is 7.93. The highest BCUT2D eigenvalue weighted by atomic mass is 15.1.